The van der Waals surface area contributed by atoms with Gasteiger partial charge in [-0.3, -0.25) is 9.58 Å². The third-order valence-corrected chi connectivity index (χ3v) is 4.40. The van der Waals surface area contributed by atoms with Crippen molar-refractivity contribution in [3.05, 3.63) is 17.5 Å². The first-order chi connectivity index (χ1) is 9.52. The van der Waals surface area contributed by atoms with Crippen molar-refractivity contribution < 1.29 is 13.2 Å². The van der Waals surface area contributed by atoms with Gasteiger partial charge >= 0.3 is 6.18 Å². The molecular weight excluding hydrogens is 267 g/mol. The number of alkyl halides is 3. The average molecular weight is 287 g/mol. The summed E-state index contributed by atoms with van der Waals surface area (Å²) in [4.78, 5) is 2.09. The molecule has 0 bridgehead atoms. The van der Waals surface area contributed by atoms with Gasteiger partial charge in [0.1, 0.15) is 0 Å². The number of nitrogens with zero attached hydrogens (tertiary/aromatic N) is 3. The van der Waals surface area contributed by atoms with Gasteiger partial charge in [0.05, 0.1) is 11.6 Å². The van der Waals surface area contributed by atoms with Gasteiger partial charge in [0.25, 0.3) is 0 Å². The van der Waals surface area contributed by atoms with E-state index in [4.69, 9.17) is 0 Å². The van der Waals surface area contributed by atoms with Crippen LogP contribution < -0.4 is 0 Å². The zero-order valence-electron chi connectivity index (χ0n) is 11.5. The van der Waals surface area contributed by atoms with E-state index in [1.807, 2.05) is 0 Å². The number of hydrogen-bond acceptors (Lipinski definition) is 2. The molecule has 2 aliphatic heterocycles. The van der Waals surface area contributed by atoms with Gasteiger partial charge in [-0.2, -0.15) is 18.3 Å². The van der Waals surface area contributed by atoms with E-state index < -0.39 is 12.1 Å². The van der Waals surface area contributed by atoms with Crippen LogP contribution in [0, 0.1) is 5.92 Å². The number of piperidine rings is 1. The smallest absolute Gasteiger partial charge is 0.297 e. The van der Waals surface area contributed by atoms with Crippen molar-refractivity contribution in [3.63, 3.8) is 0 Å². The van der Waals surface area contributed by atoms with E-state index in [1.54, 1.807) is 0 Å². The first-order valence-electron chi connectivity index (χ1n) is 7.37. The average Bonchev–Trinajstić information content (AvgIpc) is 2.80. The van der Waals surface area contributed by atoms with Crippen molar-refractivity contribution in [1.82, 2.24) is 14.7 Å². The Kier molecular flexibility index (Phi) is 3.75. The fourth-order valence-corrected chi connectivity index (χ4v) is 3.20. The predicted octanol–water partition coefficient (Wildman–Crippen LogP) is 2.99. The molecule has 0 aliphatic carbocycles. The van der Waals surface area contributed by atoms with Crippen LogP contribution in [0.15, 0.2) is 6.07 Å². The number of halogens is 3. The lowest BCUT2D eigenvalue weighted by molar-refractivity contribution is -0.185. The summed E-state index contributed by atoms with van der Waals surface area (Å²) in [6.45, 7) is 2.70. The van der Waals surface area contributed by atoms with Crippen LogP contribution in [0.4, 0.5) is 13.2 Å². The van der Waals surface area contributed by atoms with Gasteiger partial charge in [0, 0.05) is 18.8 Å². The van der Waals surface area contributed by atoms with Gasteiger partial charge in [-0.05, 0) is 51.3 Å². The lowest BCUT2D eigenvalue weighted by Gasteiger charge is -2.32. The van der Waals surface area contributed by atoms with Gasteiger partial charge in [0.15, 0.2) is 0 Å². The Morgan fingerprint density at radius 1 is 1.15 bits per heavy atom. The van der Waals surface area contributed by atoms with Crippen LogP contribution in [-0.4, -0.2) is 33.9 Å². The Balaban J connectivity index is 1.56. The minimum Gasteiger partial charge on any atom is -0.297 e. The van der Waals surface area contributed by atoms with E-state index in [0.717, 1.165) is 18.7 Å². The molecule has 1 fully saturated rings. The Hall–Kier alpha value is -1.04. The monoisotopic (exact) mass is 287 g/mol. The third-order valence-electron chi connectivity index (χ3n) is 4.40. The number of hydrogen-bond donors (Lipinski definition) is 0. The summed E-state index contributed by atoms with van der Waals surface area (Å²) in [6, 6.07) is 2.12. The number of fused-ring (bicyclic) bond motifs is 1. The van der Waals surface area contributed by atoms with Gasteiger partial charge in [-0.15, -0.1) is 0 Å². The molecule has 0 radical (unpaired) electrons. The number of likely N-dealkylation sites (tertiary alicyclic amines) is 1. The zero-order chi connectivity index (χ0) is 14.2. The summed E-state index contributed by atoms with van der Waals surface area (Å²) in [6.07, 6.45) is -0.135. The molecule has 1 aromatic heterocycles. The van der Waals surface area contributed by atoms with Crippen molar-refractivity contribution in [2.75, 3.05) is 13.1 Å². The van der Waals surface area contributed by atoms with E-state index in [-0.39, 0.29) is 12.8 Å². The van der Waals surface area contributed by atoms with Crippen molar-refractivity contribution in [2.24, 2.45) is 5.92 Å². The van der Waals surface area contributed by atoms with Crippen LogP contribution in [0.3, 0.4) is 0 Å². The summed E-state index contributed by atoms with van der Waals surface area (Å²) < 4.78 is 39.9. The van der Waals surface area contributed by atoms with Crippen LogP contribution in [0.5, 0.6) is 0 Å². The molecule has 0 N–H and O–H groups in total. The summed E-state index contributed by atoms with van der Waals surface area (Å²) in [7, 11) is 0. The number of aryl methyl sites for hydroxylation is 2. The molecule has 3 nitrogen and oxygen atoms in total. The first-order valence-corrected chi connectivity index (χ1v) is 7.37. The van der Waals surface area contributed by atoms with Crippen LogP contribution in [0.2, 0.25) is 0 Å². The second-order valence-electron chi connectivity index (χ2n) is 5.90. The molecule has 0 spiro atoms. The highest BCUT2D eigenvalue weighted by molar-refractivity contribution is 5.12. The number of rotatable bonds is 2. The quantitative estimate of drug-likeness (QED) is 0.834. The Morgan fingerprint density at radius 2 is 1.90 bits per heavy atom. The second-order valence-corrected chi connectivity index (χ2v) is 5.90. The van der Waals surface area contributed by atoms with Crippen LogP contribution in [-0.2, 0) is 19.5 Å². The van der Waals surface area contributed by atoms with E-state index >= 15 is 0 Å². The molecule has 3 rings (SSSR count). The summed E-state index contributed by atoms with van der Waals surface area (Å²) >= 11 is 0. The van der Waals surface area contributed by atoms with Gasteiger partial charge < -0.3 is 0 Å². The van der Waals surface area contributed by atoms with E-state index in [2.05, 4.69) is 20.7 Å². The van der Waals surface area contributed by atoms with Crippen molar-refractivity contribution in [1.29, 1.82) is 0 Å². The lowest BCUT2D eigenvalue weighted by atomic mass is 9.96. The van der Waals surface area contributed by atoms with Crippen molar-refractivity contribution in [3.8, 4) is 0 Å². The topological polar surface area (TPSA) is 21.1 Å². The van der Waals surface area contributed by atoms with Gasteiger partial charge in [-0.25, -0.2) is 0 Å². The highest BCUT2D eigenvalue weighted by Crippen LogP contribution is 2.34. The maximum Gasteiger partial charge on any atom is 0.391 e. The Morgan fingerprint density at radius 3 is 2.55 bits per heavy atom. The maximum absolute atomic E-state index is 12.6. The van der Waals surface area contributed by atoms with Crippen molar-refractivity contribution in [2.45, 2.75) is 51.4 Å². The Labute approximate surface area is 116 Å². The molecule has 0 aromatic carbocycles. The van der Waals surface area contributed by atoms with E-state index in [9.17, 15) is 13.2 Å². The Bertz CT molecular complexity index is 435. The van der Waals surface area contributed by atoms with E-state index in [0.29, 0.717) is 19.6 Å². The molecule has 6 heteroatoms. The normalized spacial score (nSPS) is 21.9. The SMILES string of the molecule is FC(F)(F)C1CCN(Cc2cc3n(n2)CCCC3)CC1. The van der Waals surface area contributed by atoms with E-state index in [1.165, 1.54) is 18.5 Å². The summed E-state index contributed by atoms with van der Waals surface area (Å²) in [5.74, 6) is -1.12. The van der Waals surface area contributed by atoms with Crippen LogP contribution in [0.1, 0.15) is 37.1 Å². The molecule has 112 valence electrons. The molecule has 2 aliphatic rings. The maximum atomic E-state index is 12.6. The number of aromatic nitrogens is 2. The zero-order valence-corrected chi connectivity index (χ0v) is 11.5. The molecule has 0 atom stereocenters. The molecule has 0 amide bonds. The fraction of sp³-hybridized carbons (Fsp3) is 0.786. The highest BCUT2D eigenvalue weighted by Gasteiger charge is 2.41. The molecule has 3 heterocycles. The first kappa shape index (κ1) is 13.9. The molecule has 20 heavy (non-hydrogen) atoms. The molecular formula is C14H20F3N3. The molecule has 1 saturated heterocycles. The lowest BCUT2D eigenvalue weighted by Crippen LogP contribution is -2.38. The molecule has 1 aromatic rings. The molecule has 0 saturated carbocycles. The van der Waals surface area contributed by atoms with Crippen molar-refractivity contribution >= 4 is 0 Å². The van der Waals surface area contributed by atoms with Crippen LogP contribution in [0.25, 0.3) is 0 Å². The van der Waals surface area contributed by atoms with Gasteiger partial charge in [0.2, 0.25) is 0 Å². The second kappa shape index (κ2) is 5.39. The predicted molar refractivity (Wildman–Crippen MR) is 69.2 cm³/mol. The summed E-state index contributed by atoms with van der Waals surface area (Å²) in [5, 5.41) is 4.57. The fourth-order valence-electron chi connectivity index (χ4n) is 3.20. The standard InChI is InChI=1S/C14H20F3N3/c15-14(16,17)11-4-7-19(8-5-11)10-12-9-13-3-1-2-6-20(13)18-12/h9,11H,1-8,10H2. The minimum atomic E-state index is -4.03. The molecule has 0 unspecified atom stereocenters. The van der Waals surface area contributed by atoms with Crippen LogP contribution >= 0.6 is 0 Å². The largest absolute Gasteiger partial charge is 0.391 e. The van der Waals surface area contributed by atoms with Gasteiger partial charge in [-0.1, -0.05) is 0 Å². The summed E-state index contributed by atoms with van der Waals surface area (Å²) in [5.41, 5.74) is 2.28. The highest BCUT2D eigenvalue weighted by atomic mass is 19.4. The third kappa shape index (κ3) is 3.00. The minimum absolute atomic E-state index is 0.219.